The number of phenolic OH excluding ortho intramolecular Hbond substituents is 1. The summed E-state index contributed by atoms with van der Waals surface area (Å²) >= 11 is 0. The van der Waals surface area contributed by atoms with Gasteiger partial charge in [0.15, 0.2) is 0 Å². The fourth-order valence-electron chi connectivity index (χ4n) is 3.84. The predicted octanol–water partition coefficient (Wildman–Crippen LogP) is 1.38. The number of nitrogens with zero attached hydrogens (tertiary/aromatic N) is 1. The number of aromatic hydroxyl groups is 1. The summed E-state index contributed by atoms with van der Waals surface area (Å²) in [4.78, 5) is 14.9. The van der Waals surface area contributed by atoms with Gasteiger partial charge < -0.3 is 19.9 Å². The molecule has 1 saturated carbocycles. The van der Waals surface area contributed by atoms with Crippen LogP contribution in [0.15, 0.2) is 18.2 Å². The van der Waals surface area contributed by atoms with Crippen molar-refractivity contribution in [2.24, 2.45) is 5.92 Å². The normalized spacial score (nSPS) is 30.0. The van der Waals surface area contributed by atoms with E-state index in [1.165, 1.54) is 18.9 Å². The van der Waals surface area contributed by atoms with Gasteiger partial charge in [0.05, 0.1) is 25.4 Å². The van der Waals surface area contributed by atoms with E-state index in [4.69, 9.17) is 9.47 Å². The van der Waals surface area contributed by atoms with Crippen LogP contribution in [0, 0.1) is 5.92 Å². The van der Waals surface area contributed by atoms with Crippen molar-refractivity contribution in [3.05, 3.63) is 23.8 Å². The summed E-state index contributed by atoms with van der Waals surface area (Å²) < 4.78 is 11.1. The lowest BCUT2D eigenvalue weighted by Crippen LogP contribution is -2.47. The zero-order valence-electron chi connectivity index (χ0n) is 13.9. The summed E-state index contributed by atoms with van der Waals surface area (Å²) in [6, 6.07) is 5.18. The third-order valence-electron chi connectivity index (χ3n) is 5.38. The van der Waals surface area contributed by atoms with Crippen molar-refractivity contribution in [2.45, 2.75) is 37.5 Å². The van der Waals surface area contributed by atoms with Crippen LogP contribution < -0.4 is 10.1 Å². The number of methoxy groups -OCH3 is 1. The first-order valence-electron chi connectivity index (χ1n) is 8.67. The molecule has 1 aliphatic carbocycles. The molecule has 1 amide bonds. The van der Waals surface area contributed by atoms with E-state index < -0.39 is 0 Å². The maximum Gasteiger partial charge on any atom is 0.255 e. The molecule has 2 saturated heterocycles. The molecule has 2 N–H and O–H groups in total. The number of carbonyl (C=O) groups is 1. The van der Waals surface area contributed by atoms with Gasteiger partial charge in [-0.1, -0.05) is 0 Å². The molecule has 1 aromatic rings. The second-order valence-corrected chi connectivity index (χ2v) is 7.11. The number of amides is 1. The lowest BCUT2D eigenvalue weighted by molar-refractivity contribution is -0.0581. The molecule has 130 valence electrons. The fourth-order valence-corrected chi connectivity index (χ4v) is 3.84. The number of rotatable bonds is 4. The molecule has 0 spiro atoms. The lowest BCUT2D eigenvalue weighted by atomic mass is 10.1. The molecule has 0 radical (unpaired) electrons. The van der Waals surface area contributed by atoms with E-state index in [2.05, 4.69) is 10.2 Å². The number of ether oxygens (including phenoxy) is 2. The van der Waals surface area contributed by atoms with E-state index in [1.54, 1.807) is 19.2 Å². The van der Waals surface area contributed by atoms with Crippen LogP contribution in [0.1, 0.15) is 29.6 Å². The number of benzene rings is 1. The second-order valence-electron chi connectivity index (χ2n) is 7.11. The number of carbonyl (C=O) groups excluding carboxylic acids is 1. The van der Waals surface area contributed by atoms with E-state index in [9.17, 15) is 9.90 Å². The van der Waals surface area contributed by atoms with Crippen molar-refractivity contribution >= 4 is 5.91 Å². The molecule has 3 fully saturated rings. The van der Waals surface area contributed by atoms with Crippen LogP contribution in [0.5, 0.6) is 11.5 Å². The smallest absolute Gasteiger partial charge is 0.255 e. The molecule has 3 aliphatic rings. The highest BCUT2D eigenvalue weighted by Gasteiger charge is 2.42. The van der Waals surface area contributed by atoms with Crippen molar-refractivity contribution < 1.29 is 19.4 Å². The molecule has 6 heteroatoms. The minimum absolute atomic E-state index is 0.0267. The van der Waals surface area contributed by atoms with Crippen molar-refractivity contribution in [3.63, 3.8) is 0 Å². The van der Waals surface area contributed by atoms with Gasteiger partial charge in [-0.25, -0.2) is 0 Å². The monoisotopic (exact) mass is 332 g/mol. The number of fused-ring (bicyclic) bond motifs is 1. The first kappa shape index (κ1) is 15.7. The standard InChI is InChI=1S/C18H24N2O4/c1-23-14-4-5-16(21)15(7-14)18(22)19-12-6-13-10-24-17(11-2-3-11)9-20(13)8-12/h4-5,7,11-13,17,21H,2-3,6,8-10H2,1H3,(H,19,22)/t12-,13-,17+/m0/s1. The van der Waals surface area contributed by atoms with Gasteiger partial charge in [0, 0.05) is 25.2 Å². The molecule has 0 unspecified atom stereocenters. The Morgan fingerprint density at radius 3 is 2.96 bits per heavy atom. The Kier molecular flexibility index (Phi) is 4.10. The molecule has 1 aromatic carbocycles. The topological polar surface area (TPSA) is 71.0 Å². The highest BCUT2D eigenvalue weighted by molar-refractivity contribution is 5.97. The molecule has 0 bridgehead atoms. The van der Waals surface area contributed by atoms with Gasteiger partial charge in [-0.3, -0.25) is 9.69 Å². The summed E-state index contributed by atoms with van der Waals surface area (Å²) in [5.41, 5.74) is 0.256. The van der Waals surface area contributed by atoms with Gasteiger partial charge in [-0.2, -0.15) is 0 Å². The van der Waals surface area contributed by atoms with E-state index in [0.29, 0.717) is 17.9 Å². The SMILES string of the molecule is COc1ccc(O)c(C(=O)N[C@H]2C[C@H]3CO[C@@H](C4CC4)CN3C2)c1. The Labute approximate surface area is 141 Å². The summed E-state index contributed by atoms with van der Waals surface area (Å²) in [6.45, 7) is 2.60. The van der Waals surface area contributed by atoms with Crippen LogP contribution in [0.3, 0.4) is 0 Å². The molecule has 2 aliphatic heterocycles. The minimum atomic E-state index is -0.254. The molecule has 24 heavy (non-hydrogen) atoms. The highest BCUT2D eigenvalue weighted by atomic mass is 16.5. The Hall–Kier alpha value is -1.79. The van der Waals surface area contributed by atoms with Crippen molar-refractivity contribution in [3.8, 4) is 11.5 Å². The van der Waals surface area contributed by atoms with Crippen molar-refractivity contribution in [1.82, 2.24) is 10.2 Å². The molecule has 2 heterocycles. The number of hydrogen-bond donors (Lipinski definition) is 2. The van der Waals surface area contributed by atoms with Crippen LogP contribution in [0.2, 0.25) is 0 Å². The molecular weight excluding hydrogens is 308 g/mol. The van der Waals surface area contributed by atoms with Gasteiger partial charge >= 0.3 is 0 Å². The second kappa shape index (κ2) is 6.26. The van der Waals surface area contributed by atoms with Gasteiger partial charge in [-0.05, 0) is 43.4 Å². The minimum Gasteiger partial charge on any atom is -0.507 e. The van der Waals surface area contributed by atoms with Crippen molar-refractivity contribution in [1.29, 1.82) is 0 Å². The molecule has 6 nitrogen and oxygen atoms in total. The first-order valence-corrected chi connectivity index (χ1v) is 8.67. The molecular formula is C18H24N2O4. The highest BCUT2D eigenvalue weighted by Crippen LogP contribution is 2.38. The van der Waals surface area contributed by atoms with Gasteiger partial charge in [0.2, 0.25) is 0 Å². The Balaban J connectivity index is 1.38. The van der Waals surface area contributed by atoms with Gasteiger partial charge in [0.25, 0.3) is 5.91 Å². The van der Waals surface area contributed by atoms with E-state index >= 15 is 0 Å². The fraction of sp³-hybridized carbons (Fsp3) is 0.611. The number of hydrogen-bond acceptors (Lipinski definition) is 5. The van der Waals surface area contributed by atoms with Gasteiger partial charge in [-0.15, -0.1) is 0 Å². The average Bonchev–Trinajstić information content (AvgIpc) is 3.35. The molecule has 3 atom stereocenters. The van der Waals surface area contributed by atoms with Crippen LogP contribution in [0.4, 0.5) is 0 Å². The van der Waals surface area contributed by atoms with E-state index in [-0.39, 0.29) is 23.3 Å². The number of phenols is 1. The lowest BCUT2D eigenvalue weighted by Gasteiger charge is -2.35. The summed E-state index contributed by atoms with van der Waals surface area (Å²) in [5.74, 6) is 1.02. The number of nitrogens with one attached hydrogen (secondary N) is 1. The summed E-state index contributed by atoms with van der Waals surface area (Å²) in [7, 11) is 1.54. The summed E-state index contributed by atoms with van der Waals surface area (Å²) in [5, 5.41) is 13.0. The largest absolute Gasteiger partial charge is 0.507 e. The first-order chi connectivity index (χ1) is 11.6. The van der Waals surface area contributed by atoms with Crippen LogP contribution in [-0.4, -0.2) is 60.9 Å². The molecule has 0 aromatic heterocycles. The third kappa shape index (κ3) is 3.08. The zero-order valence-corrected chi connectivity index (χ0v) is 13.9. The average molecular weight is 332 g/mol. The Morgan fingerprint density at radius 2 is 2.21 bits per heavy atom. The van der Waals surface area contributed by atoms with Gasteiger partial charge in [0.1, 0.15) is 11.5 Å². The quantitative estimate of drug-likeness (QED) is 0.872. The molecule has 4 rings (SSSR count). The van der Waals surface area contributed by atoms with Crippen LogP contribution >= 0.6 is 0 Å². The van der Waals surface area contributed by atoms with Crippen LogP contribution in [0.25, 0.3) is 0 Å². The van der Waals surface area contributed by atoms with E-state index in [0.717, 1.165) is 32.0 Å². The van der Waals surface area contributed by atoms with Crippen LogP contribution in [-0.2, 0) is 4.74 Å². The maximum absolute atomic E-state index is 12.5. The number of morpholine rings is 1. The zero-order chi connectivity index (χ0) is 16.7. The summed E-state index contributed by atoms with van der Waals surface area (Å²) in [6.07, 6.45) is 3.85. The predicted molar refractivity (Wildman–Crippen MR) is 88.4 cm³/mol. The third-order valence-corrected chi connectivity index (χ3v) is 5.38. The Morgan fingerprint density at radius 1 is 1.38 bits per heavy atom. The van der Waals surface area contributed by atoms with E-state index in [1.807, 2.05) is 0 Å². The van der Waals surface area contributed by atoms with Crippen molar-refractivity contribution in [2.75, 3.05) is 26.8 Å². The maximum atomic E-state index is 12.5. The Bertz CT molecular complexity index is 631.